The van der Waals surface area contributed by atoms with E-state index >= 15 is 0 Å². The molecule has 1 atom stereocenters. The molecule has 1 unspecified atom stereocenters. The van der Waals surface area contributed by atoms with Crippen LogP contribution in [0.15, 0.2) is 18.2 Å². The van der Waals surface area contributed by atoms with E-state index in [0.717, 1.165) is 12.0 Å². The van der Waals surface area contributed by atoms with Crippen LogP contribution in [0.2, 0.25) is 0 Å². The highest BCUT2D eigenvalue weighted by molar-refractivity contribution is 5.28. The lowest BCUT2D eigenvalue weighted by Crippen LogP contribution is -2.26. The summed E-state index contributed by atoms with van der Waals surface area (Å²) in [5.41, 5.74) is 0.530. The van der Waals surface area contributed by atoms with Crippen LogP contribution < -0.4 is 0 Å². The SMILES string of the molecule is Cc1cc(C2(O)CCCOCC2)ccc1F. The van der Waals surface area contributed by atoms with Gasteiger partial charge in [-0.25, -0.2) is 4.39 Å². The van der Waals surface area contributed by atoms with Gasteiger partial charge in [0.25, 0.3) is 0 Å². The van der Waals surface area contributed by atoms with Crippen LogP contribution in [-0.2, 0) is 10.3 Å². The van der Waals surface area contributed by atoms with Crippen molar-refractivity contribution in [1.29, 1.82) is 0 Å². The molecule has 0 amide bonds. The molecule has 88 valence electrons. The second-order valence-corrected chi connectivity index (χ2v) is 4.46. The van der Waals surface area contributed by atoms with Gasteiger partial charge in [0.1, 0.15) is 5.82 Å². The van der Waals surface area contributed by atoms with Crippen molar-refractivity contribution in [2.45, 2.75) is 31.8 Å². The lowest BCUT2D eigenvalue weighted by molar-refractivity contribution is 0.0143. The van der Waals surface area contributed by atoms with Crippen molar-refractivity contribution in [3.8, 4) is 0 Å². The quantitative estimate of drug-likeness (QED) is 0.794. The summed E-state index contributed by atoms with van der Waals surface area (Å²) in [6.07, 6.45) is 2.10. The van der Waals surface area contributed by atoms with E-state index in [-0.39, 0.29) is 5.82 Å². The predicted molar refractivity (Wildman–Crippen MR) is 59.7 cm³/mol. The Hall–Kier alpha value is -0.930. The summed E-state index contributed by atoms with van der Waals surface area (Å²) in [5, 5.41) is 10.5. The number of ether oxygens (including phenoxy) is 1. The summed E-state index contributed by atoms with van der Waals surface area (Å²) in [5.74, 6) is -0.225. The van der Waals surface area contributed by atoms with E-state index in [4.69, 9.17) is 4.74 Å². The Balaban J connectivity index is 2.29. The van der Waals surface area contributed by atoms with Crippen molar-refractivity contribution in [2.75, 3.05) is 13.2 Å². The number of hydrogen-bond donors (Lipinski definition) is 1. The van der Waals surface area contributed by atoms with E-state index in [0.29, 0.717) is 31.6 Å². The monoisotopic (exact) mass is 224 g/mol. The third-order valence-electron chi connectivity index (χ3n) is 3.23. The fourth-order valence-corrected chi connectivity index (χ4v) is 2.16. The molecule has 2 rings (SSSR count). The first-order valence-corrected chi connectivity index (χ1v) is 5.69. The highest BCUT2D eigenvalue weighted by Crippen LogP contribution is 2.32. The molecule has 1 saturated heterocycles. The zero-order valence-corrected chi connectivity index (χ0v) is 9.50. The average molecular weight is 224 g/mol. The Bertz CT molecular complexity index is 368. The van der Waals surface area contributed by atoms with Crippen molar-refractivity contribution in [2.24, 2.45) is 0 Å². The summed E-state index contributed by atoms with van der Waals surface area (Å²) >= 11 is 0. The van der Waals surface area contributed by atoms with Crippen LogP contribution in [-0.4, -0.2) is 18.3 Å². The van der Waals surface area contributed by atoms with Crippen LogP contribution in [0.5, 0.6) is 0 Å². The molecule has 1 aromatic carbocycles. The van der Waals surface area contributed by atoms with E-state index in [9.17, 15) is 9.50 Å². The largest absolute Gasteiger partial charge is 0.385 e. The number of halogens is 1. The predicted octanol–water partition coefficient (Wildman–Crippen LogP) is 2.52. The topological polar surface area (TPSA) is 29.5 Å². The van der Waals surface area contributed by atoms with Crippen molar-refractivity contribution < 1.29 is 14.2 Å². The molecule has 0 aromatic heterocycles. The Labute approximate surface area is 95.1 Å². The smallest absolute Gasteiger partial charge is 0.126 e. The Morgan fingerprint density at radius 2 is 2.12 bits per heavy atom. The molecule has 3 heteroatoms. The fourth-order valence-electron chi connectivity index (χ4n) is 2.16. The second kappa shape index (κ2) is 4.52. The fraction of sp³-hybridized carbons (Fsp3) is 0.538. The standard InChI is InChI=1S/C13H17FO2/c1-10-9-11(3-4-12(10)14)13(15)5-2-7-16-8-6-13/h3-4,9,15H,2,5-8H2,1H3. The summed E-state index contributed by atoms with van der Waals surface area (Å²) in [4.78, 5) is 0. The minimum Gasteiger partial charge on any atom is -0.385 e. The van der Waals surface area contributed by atoms with Gasteiger partial charge in [0.05, 0.1) is 5.60 Å². The summed E-state index contributed by atoms with van der Waals surface area (Å²) in [7, 11) is 0. The third-order valence-corrected chi connectivity index (χ3v) is 3.23. The molecule has 1 aliphatic rings. The van der Waals surface area contributed by atoms with Crippen molar-refractivity contribution >= 4 is 0 Å². The van der Waals surface area contributed by atoms with Crippen LogP contribution in [0.1, 0.15) is 30.4 Å². The molecule has 1 aliphatic heterocycles. The minimum atomic E-state index is -0.852. The number of benzene rings is 1. The third kappa shape index (κ3) is 2.25. The number of hydrogen-bond acceptors (Lipinski definition) is 2. The van der Waals surface area contributed by atoms with Gasteiger partial charge in [-0.05, 0) is 37.0 Å². The maximum absolute atomic E-state index is 13.2. The molecule has 1 heterocycles. The minimum absolute atomic E-state index is 0.225. The van der Waals surface area contributed by atoms with Gasteiger partial charge in [-0.3, -0.25) is 0 Å². The van der Waals surface area contributed by atoms with Gasteiger partial charge in [0.15, 0.2) is 0 Å². The Morgan fingerprint density at radius 3 is 2.88 bits per heavy atom. The second-order valence-electron chi connectivity index (χ2n) is 4.46. The number of rotatable bonds is 1. The van der Waals surface area contributed by atoms with Crippen LogP contribution in [0.4, 0.5) is 4.39 Å². The molecule has 0 aliphatic carbocycles. The first-order valence-electron chi connectivity index (χ1n) is 5.69. The van der Waals surface area contributed by atoms with Gasteiger partial charge < -0.3 is 9.84 Å². The van der Waals surface area contributed by atoms with Crippen LogP contribution >= 0.6 is 0 Å². The first kappa shape index (κ1) is 11.6. The lowest BCUT2D eigenvalue weighted by atomic mass is 9.86. The van der Waals surface area contributed by atoms with Gasteiger partial charge in [-0.15, -0.1) is 0 Å². The zero-order valence-electron chi connectivity index (χ0n) is 9.50. The average Bonchev–Trinajstić information content (AvgIpc) is 2.48. The van der Waals surface area contributed by atoms with Gasteiger partial charge in [0.2, 0.25) is 0 Å². The number of aliphatic hydroxyl groups is 1. The van der Waals surface area contributed by atoms with Gasteiger partial charge >= 0.3 is 0 Å². The van der Waals surface area contributed by atoms with E-state index in [1.54, 1.807) is 19.1 Å². The van der Waals surface area contributed by atoms with Crippen LogP contribution in [0.3, 0.4) is 0 Å². The first-order chi connectivity index (χ1) is 7.62. The van der Waals surface area contributed by atoms with E-state index < -0.39 is 5.60 Å². The lowest BCUT2D eigenvalue weighted by Gasteiger charge is -2.27. The van der Waals surface area contributed by atoms with Crippen molar-refractivity contribution in [3.05, 3.63) is 35.1 Å². The van der Waals surface area contributed by atoms with Crippen molar-refractivity contribution in [1.82, 2.24) is 0 Å². The van der Waals surface area contributed by atoms with Gasteiger partial charge in [0, 0.05) is 19.6 Å². The summed E-state index contributed by atoms with van der Waals surface area (Å²) < 4.78 is 18.5. The molecule has 1 aromatic rings. The maximum atomic E-state index is 13.2. The molecule has 0 saturated carbocycles. The van der Waals surface area contributed by atoms with Crippen molar-refractivity contribution in [3.63, 3.8) is 0 Å². The summed E-state index contributed by atoms with van der Waals surface area (Å²) in [6.45, 7) is 2.98. The molecule has 2 nitrogen and oxygen atoms in total. The molecule has 1 N–H and O–H groups in total. The highest BCUT2D eigenvalue weighted by Gasteiger charge is 2.30. The van der Waals surface area contributed by atoms with Crippen LogP contribution in [0, 0.1) is 12.7 Å². The molecule has 1 fully saturated rings. The van der Waals surface area contributed by atoms with E-state index in [1.807, 2.05) is 0 Å². The molecule has 0 radical (unpaired) electrons. The van der Waals surface area contributed by atoms with Gasteiger partial charge in [-0.1, -0.05) is 12.1 Å². The van der Waals surface area contributed by atoms with E-state index in [1.165, 1.54) is 6.07 Å². The van der Waals surface area contributed by atoms with Crippen LogP contribution in [0.25, 0.3) is 0 Å². The highest BCUT2D eigenvalue weighted by atomic mass is 19.1. The van der Waals surface area contributed by atoms with Gasteiger partial charge in [-0.2, -0.15) is 0 Å². The van der Waals surface area contributed by atoms with E-state index in [2.05, 4.69) is 0 Å². The molecule has 0 bridgehead atoms. The maximum Gasteiger partial charge on any atom is 0.126 e. The Kier molecular flexibility index (Phi) is 3.26. The molecular weight excluding hydrogens is 207 g/mol. The molecule has 16 heavy (non-hydrogen) atoms. The summed E-state index contributed by atoms with van der Waals surface area (Å²) in [6, 6.07) is 4.84. The normalized spacial score (nSPS) is 26.4. The molecule has 0 spiro atoms. The zero-order chi connectivity index (χ0) is 11.6. The number of aryl methyl sites for hydroxylation is 1. The Morgan fingerprint density at radius 1 is 1.31 bits per heavy atom. The molecular formula is C13H17FO2.